The summed E-state index contributed by atoms with van der Waals surface area (Å²) in [7, 11) is 1.64. The summed E-state index contributed by atoms with van der Waals surface area (Å²) >= 11 is 0. The zero-order chi connectivity index (χ0) is 14.5. The number of hydrogen-bond donors (Lipinski definition) is 0. The van der Waals surface area contributed by atoms with Gasteiger partial charge in [-0.1, -0.05) is 43.0 Å². The van der Waals surface area contributed by atoms with E-state index in [1.807, 2.05) is 49.4 Å². The lowest BCUT2D eigenvalue weighted by Gasteiger charge is -2.19. The van der Waals surface area contributed by atoms with Crippen LogP contribution >= 0.6 is 0 Å². The Morgan fingerprint density at radius 1 is 1.15 bits per heavy atom. The van der Waals surface area contributed by atoms with Gasteiger partial charge in [0.05, 0.1) is 7.11 Å². The van der Waals surface area contributed by atoms with Gasteiger partial charge in [-0.3, -0.25) is 4.79 Å². The van der Waals surface area contributed by atoms with Gasteiger partial charge in [0.2, 0.25) is 0 Å². The van der Waals surface area contributed by atoms with Crippen molar-refractivity contribution in [3.63, 3.8) is 0 Å². The summed E-state index contributed by atoms with van der Waals surface area (Å²) in [5.74, 6) is 0.655. The van der Waals surface area contributed by atoms with E-state index >= 15 is 0 Å². The maximum absolute atomic E-state index is 11.2. The van der Waals surface area contributed by atoms with Crippen LogP contribution < -0.4 is 4.74 Å². The number of rotatable bonds is 5. The lowest BCUT2D eigenvalue weighted by Crippen LogP contribution is -2.06. The summed E-state index contributed by atoms with van der Waals surface area (Å²) in [5, 5.41) is 0. The fourth-order valence-corrected chi connectivity index (χ4v) is 2.40. The zero-order valence-corrected chi connectivity index (χ0v) is 11.8. The molecule has 0 N–H and O–H groups in total. The first-order chi connectivity index (χ1) is 9.65. The van der Waals surface area contributed by atoms with Crippen LogP contribution in [0.4, 0.5) is 0 Å². The molecule has 20 heavy (non-hydrogen) atoms. The molecule has 2 aromatic rings. The quantitative estimate of drug-likeness (QED) is 0.606. The summed E-state index contributed by atoms with van der Waals surface area (Å²) in [6.45, 7) is 5.91. The van der Waals surface area contributed by atoms with Gasteiger partial charge >= 0.3 is 0 Å². The Bertz CT molecular complexity index is 615. The molecule has 1 unspecified atom stereocenters. The second kappa shape index (κ2) is 6.20. The highest BCUT2D eigenvalue weighted by molar-refractivity contribution is 5.76. The lowest BCUT2D eigenvalue weighted by atomic mass is 9.85. The highest BCUT2D eigenvalue weighted by atomic mass is 16.5. The summed E-state index contributed by atoms with van der Waals surface area (Å²) in [6, 6.07) is 15.9. The molecule has 1 atom stereocenters. The Labute approximate surface area is 119 Å². The van der Waals surface area contributed by atoms with Gasteiger partial charge < -0.3 is 4.74 Å². The normalized spacial score (nSPS) is 11.7. The van der Waals surface area contributed by atoms with E-state index in [0.29, 0.717) is 5.57 Å². The van der Waals surface area contributed by atoms with Crippen molar-refractivity contribution in [2.75, 3.05) is 7.11 Å². The molecule has 2 nitrogen and oxygen atoms in total. The van der Waals surface area contributed by atoms with Crippen LogP contribution in [0.2, 0.25) is 0 Å². The van der Waals surface area contributed by atoms with Crippen LogP contribution in [0.1, 0.15) is 22.6 Å². The molecule has 0 amide bonds. The van der Waals surface area contributed by atoms with Crippen molar-refractivity contribution in [3.8, 4) is 5.75 Å². The van der Waals surface area contributed by atoms with Gasteiger partial charge in [-0.15, -0.1) is 0 Å². The van der Waals surface area contributed by atoms with Crippen LogP contribution in [0.5, 0.6) is 5.75 Å². The first-order valence-corrected chi connectivity index (χ1v) is 6.50. The molecular formula is C18H18O2. The molecule has 0 heterocycles. The second-order valence-corrected chi connectivity index (χ2v) is 4.82. The third-order valence-electron chi connectivity index (χ3n) is 3.30. The van der Waals surface area contributed by atoms with Crippen LogP contribution in [0.15, 0.2) is 60.7 Å². The van der Waals surface area contributed by atoms with E-state index in [1.165, 1.54) is 0 Å². The van der Waals surface area contributed by atoms with E-state index in [0.717, 1.165) is 28.7 Å². The molecule has 0 aromatic heterocycles. The maximum Gasteiger partial charge on any atom is 0.146 e. The minimum atomic E-state index is -0.137. The minimum absolute atomic E-state index is 0.137. The Balaban J connectivity index is 2.55. The van der Waals surface area contributed by atoms with Crippen LogP contribution in [-0.4, -0.2) is 13.4 Å². The number of allylic oxidation sites excluding steroid dienone is 1. The number of hydrogen-bond acceptors (Lipinski definition) is 2. The van der Waals surface area contributed by atoms with Crippen LogP contribution in [0, 0.1) is 6.92 Å². The topological polar surface area (TPSA) is 26.3 Å². The van der Waals surface area contributed by atoms with Crippen molar-refractivity contribution in [3.05, 3.63) is 77.4 Å². The largest absolute Gasteiger partial charge is 0.497 e. The van der Waals surface area contributed by atoms with E-state index in [9.17, 15) is 4.79 Å². The molecule has 0 saturated carbocycles. The van der Waals surface area contributed by atoms with E-state index in [4.69, 9.17) is 4.74 Å². The fraction of sp³-hybridized carbons (Fsp3) is 0.167. The Morgan fingerprint density at radius 2 is 1.85 bits per heavy atom. The monoisotopic (exact) mass is 266 g/mol. The van der Waals surface area contributed by atoms with Crippen LogP contribution in [0.3, 0.4) is 0 Å². The van der Waals surface area contributed by atoms with Crippen molar-refractivity contribution in [1.82, 2.24) is 0 Å². The van der Waals surface area contributed by atoms with Crippen LogP contribution in [0.25, 0.3) is 0 Å². The highest BCUT2D eigenvalue weighted by Crippen LogP contribution is 2.32. The van der Waals surface area contributed by atoms with Crippen molar-refractivity contribution in [1.29, 1.82) is 0 Å². The Morgan fingerprint density at radius 3 is 2.45 bits per heavy atom. The Kier molecular flexibility index (Phi) is 4.36. The predicted molar refractivity (Wildman–Crippen MR) is 81.2 cm³/mol. The average molecular weight is 266 g/mol. The number of benzene rings is 2. The predicted octanol–water partition coefficient (Wildman–Crippen LogP) is 3.89. The molecule has 0 aliphatic rings. The van der Waals surface area contributed by atoms with Gasteiger partial charge in [-0.05, 0) is 41.3 Å². The average Bonchev–Trinajstić information content (AvgIpc) is 2.47. The molecule has 2 aromatic carbocycles. The van der Waals surface area contributed by atoms with Gasteiger partial charge in [-0.25, -0.2) is 0 Å². The number of carbonyl (C=O) groups is 1. The third-order valence-corrected chi connectivity index (χ3v) is 3.30. The number of methoxy groups -OCH3 is 1. The van der Waals surface area contributed by atoms with Gasteiger partial charge in [0.1, 0.15) is 12.0 Å². The van der Waals surface area contributed by atoms with Gasteiger partial charge in [-0.2, -0.15) is 0 Å². The van der Waals surface area contributed by atoms with Crippen molar-refractivity contribution in [2.45, 2.75) is 12.8 Å². The molecule has 0 radical (unpaired) electrons. The number of carbonyl (C=O) groups excluding carboxylic acids is 1. The lowest BCUT2D eigenvalue weighted by molar-refractivity contribution is -0.105. The molecule has 102 valence electrons. The molecule has 2 rings (SSSR count). The summed E-state index contributed by atoms with van der Waals surface area (Å²) in [5.41, 5.74) is 3.71. The molecule has 2 heteroatoms. The number of aryl methyl sites for hydroxylation is 1. The first kappa shape index (κ1) is 14.1. The van der Waals surface area contributed by atoms with E-state index in [-0.39, 0.29) is 5.92 Å². The van der Waals surface area contributed by atoms with E-state index in [2.05, 4.69) is 12.6 Å². The van der Waals surface area contributed by atoms with Crippen molar-refractivity contribution in [2.24, 2.45) is 0 Å². The smallest absolute Gasteiger partial charge is 0.146 e. The fourth-order valence-electron chi connectivity index (χ4n) is 2.40. The highest BCUT2D eigenvalue weighted by Gasteiger charge is 2.18. The second-order valence-electron chi connectivity index (χ2n) is 4.82. The minimum Gasteiger partial charge on any atom is -0.497 e. The number of aldehydes is 1. The molecule has 0 aliphatic carbocycles. The third kappa shape index (κ3) is 2.97. The molecule has 0 saturated heterocycles. The molecule has 0 bridgehead atoms. The standard InChI is InChI=1S/C18H18O2/c1-13-9-16(11-17(10-13)20-3)18(14(2)12-19)15-7-5-4-6-8-15/h4-12,18H,2H2,1,3H3. The first-order valence-electron chi connectivity index (χ1n) is 6.50. The summed E-state index contributed by atoms with van der Waals surface area (Å²) in [4.78, 5) is 11.2. The molecular weight excluding hydrogens is 248 g/mol. The SMILES string of the molecule is C=C(C=O)C(c1ccccc1)c1cc(C)cc(OC)c1. The molecule has 0 spiro atoms. The van der Waals surface area contributed by atoms with Crippen LogP contribution in [-0.2, 0) is 4.79 Å². The molecule has 0 fully saturated rings. The molecule has 0 aliphatic heterocycles. The summed E-state index contributed by atoms with van der Waals surface area (Å²) in [6.07, 6.45) is 0.826. The van der Waals surface area contributed by atoms with Crippen molar-refractivity contribution < 1.29 is 9.53 Å². The van der Waals surface area contributed by atoms with Gasteiger partial charge in [0.25, 0.3) is 0 Å². The number of ether oxygens (including phenoxy) is 1. The Hall–Kier alpha value is -2.35. The van der Waals surface area contributed by atoms with E-state index in [1.54, 1.807) is 7.11 Å². The van der Waals surface area contributed by atoms with E-state index < -0.39 is 0 Å². The summed E-state index contributed by atoms with van der Waals surface area (Å²) < 4.78 is 5.32. The zero-order valence-electron chi connectivity index (χ0n) is 11.8. The van der Waals surface area contributed by atoms with Gasteiger partial charge in [0, 0.05) is 5.92 Å². The van der Waals surface area contributed by atoms with Gasteiger partial charge in [0.15, 0.2) is 0 Å². The van der Waals surface area contributed by atoms with Crippen molar-refractivity contribution >= 4 is 6.29 Å². The maximum atomic E-state index is 11.2.